The van der Waals surface area contributed by atoms with Gasteiger partial charge in [-0.25, -0.2) is 9.97 Å². The van der Waals surface area contributed by atoms with E-state index >= 15 is 0 Å². The van der Waals surface area contributed by atoms with Gasteiger partial charge in [0, 0.05) is 18.4 Å². The molecule has 25 heavy (non-hydrogen) atoms. The summed E-state index contributed by atoms with van der Waals surface area (Å²) >= 11 is 0. The number of rotatable bonds is 6. The molecular formula is C20H20N4O. The van der Waals surface area contributed by atoms with Crippen LogP contribution in [0.3, 0.4) is 0 Å². The van der Waals surface area contributed by atoms with Crippen molar-refractivity contribution in [3.8, 4) is 0 Å². The fourth-order valence-electron chi connectivity index (χ4n) is 2.45. The van der Waals surface area contributed by atoms with E-state index in [1.807, 2.05) is 61.5 Å². The molecule has 3 rings (SSSR count). The van der Waals surface area contributed by atoms with Gasteiger partial charge in [0.15, 0.2) is 0 Å². The van der Waals surface area contributed by atoms with E-state index in [-0.39, 0.29) is 5.91 Å². The maximum absolute atomic E-state index is 12.3. The van der Waals surface area contributed by atoms with E-state index < -0.39 is 0 Å². The van der Waals surface area contributed by atoms with Crippen molar-refractivity contribution in [2.75, 3.05) is 11.9 Å². The van der Waals surface area contributed by atoms with Crippen LogP contribution in [0.25, 0.3) is 0 Å². The molecule has 0 atom stereocenters. The van der Waals surface area contributed by atoms with Crippen molar-refractivity contribution in [1.29, 1.82) is 0 Å². The molecule has 126 valence electrons. The van der Waals surface area contributed by atoms with Gasteiger partial charge in [-0.05, 0) is 42.7 Å². The number of nitrogens with zero attached hydrogens (tertiary/aromatic N) is 2. The summed E-state index contributed by atoms with van der Waals surface area (Å²) in [5.41, 5.74) is 3.56. The molecule has 1 aromatic heterocycles. The summed E-state index contributed by atoms with van der Waals surface area (Å²) in [5, 5.41) is 6.01. The first-order chi connectivity index (χ1) is 12.2. The number of amides is 1. The highest BCUT2D eigenvalue weighted by Crippen LogP contribution is 2.14. The first-order valence-corrected chi connectivity index (χ1v) is 8.19. The van der Waals surface area contributed by atoms with Crippen LogP contribution in [0.4, 0.5) is 11.6 Å². The average molecular weight is 332 g/mol. The van der Waals surface area contributed by atoms with Crippen LogP contribution in [0, 0.1) is 6.92 Å². The molecule has 5 heteroatoms. The van der Waals surface area contributed by atoms with Crippen LogP contribution in [0.15, 0.2) is 66.9 Å². The zero-order valence-corrected chi connectivity index (χ0v) is 14.1. The van der Waals surface area contributed by atoms with Gasteiger partial charge in [0.25, 0.3) is 5.91 Å². The van der Waals surface area contributed by atoms with E-state index in [2.05, 4.69) is 20.6 Å². The maximum atomic E-state index is 12.3. The second-order valence-corrected chi connectivity index (χ2v) is 5.75. The molecule has 2 N–H and O–H groups in total. The summed E-state index contributed by atoms with van der Waals surface area (Å²) < 4.78 is 0. The third-order valence-corrected chi connectivity index (χ3v) is 3.70. The van der Waals surface area contributed by atoms with Crippen molar-refractivity contribution in [2.45, 2.75) is 13.3 Å². The number of hydrogen-bond donors (Lipinski definition) is 2. The van der Waals surface area contributed by atoms with Crippen molar-refractivity contribution in [3.63, 3.8) is 0 Å². The van der Waals surface area contributed by atoms with Crippen molar-refractivity contribution in [1.82, 2.24) is 15.3 Å². The number of benzene rings is 2. The third kappa shape index (κ3) is 4.88. The van der Waals surface area contributed by atoms with E-state index in [4.69, 9.17) is 0 Å². The van der Waals surface area contributed by atoms with Crippen LogP contribution < -0.4 is 10.6 Å². The summed E-state index contributed by atoms with van der Waals surface area (Å²) in [4.78, 5) is 20.7. The second kappa shape index (κ2) is 8.06. The van der Waals surface area contributed by atoms with Crippen molar-refractivity contribution < 1.29 is 4.79 Å². The van der Waals surface area contributed by atoms with Gasteiger partial charge in [-0.15, -0.1) is 0 Å². The Hall–Kier alpha value is -3.21. The topological polar surface area (TPSA) is 66.9 Å². The summed E-state index contributed by atoms with van der Waals surface area (Å²) in [7, 11) is 0. The van der Waals surface area contributed by atoms with Gasteiger partial charge in [-0.2, -0.15) is 0 Å². The lowest BCUT2D eigenvalue weighted by molar-refractivity contribution is 0.0949. The molecule has 0 radical (unpaired) electrons. The fraction of sp³-hybridized carbons (Fsp3) is 0.150. The zero-order valence-electron chi connectivity index (χ0n) is 14.1. The molecule has 2 aromatic carbocycles. The Morgan fingerprint density at radius 3 is 2.68 bits per heavy atom. The molecule has 5 nitrogen and oxygen atoms in total. The van der Waals surface area contributed by atoms with E-state index in [1.165, 1.54) is 5.56 Å². The Bertz CT molecular complexity index is 849. The number of anilines is 2. The lowest BCUT2D eigenvalue weighted by Crippen LogP contribution is -2.26. The summed E-state index contributed by atoms with van der Waals surface area (Å²) in [6, 6.07) is 19.6. The van der Waals surface area contributed by atoms with Crippen molar-refractivity contribution in [3.05, 3.63) is 83.7 Å². The maximum Gasteiger partial charge on any atom is 0.270 e. The predicted molar refractivity (Wildman–Crippen MR) is 99.0 cm³/mol. The predicted octanol–water partition coefficient (Wildman–Crippen LogP) is 3.50. The highest BCUT2D eigenvalue weighted by molar-refractivity contribution is 5.92. The Labute approximate surface area is 147 Å². The molecule has 0 aliphatic rings. The third-order valence-electron chi connectivity index (χ3n) is 3.70. The van der Waals surface area contributed by atoms with Crippen LogP contribution in [0.2, 0.25) is 0 Å². The van der Waals surface area contributed by atoms with Crippen LogP contribution in [0.1, 0.15) is 21.6 Å². The standard InChI is InChI=1S/C20H20N4O/c1-15-6-5-9-17(14-15)23-20-22-13-11-18(24-20)19(25)21-12-10-16-7-3-2-4-8-16/h2-9,11,13-14H,10,12H2,1H3,(H,21,25)(H,22,23,24). The Morgan fingerprint density at radius 2 is 1.88 bits per heavy atom. The van der Waals surface area contributed by atoms with Crippen LogP contribution in [0.5, 0.6) is 0 Å². The molecule has 1 heterocycles. The van der Waals surface area contributed by atoms with Crippen molar-refractivity contribution >= 4 is 17.5 Å². The van der Waals surface area contributed by atoms with E-state index in [9.17, 15) is 4.79 Å². The summed E-state index contributed by atoms with van der Waals surface area (Å²) in [5.74, 6) is 0.201. The molecule has 0 bridgehead atoms. The summed E-state index contributed by atoms with van der Waals surface area (Å²) in [6.45, 7) is 2.58. The van der Waals surface area contributed by atoms with Gasteiger partial charge in [0.05, 0.1) is 0 Å². The van der Waals surface area contributed by atoms with Crippen LogP contribution in [-0.2, 0) is 6.42 Å². The molecule has 0 spiro atoms. The molecule has 0 saturated carbocycles. The number of hydrogen-bond acceptors (Lipinski definition) is 4. The minimum absolute atomic E-state index is 0.203. The highest BCUT2D eigenvalue weighted by atomic mass is 16.1. The summed E-state index contributed by atoms with van der Waals surface area (Å²) in [6.07, 6.45) is 2.36. The number of nitrogens with one attached hydrogen (secondary N) is 2. The van der Waals surface area contributed by atoms with Gasteiger partial charge in [0.2, 0.25) is 5.95 Å². The first-order valence-electron chi connectivity index (χ1n) is 8.19. The quantitative estimate of drug-likeness (QED) is 0.725. The first kappa shape index (κ1) is 16.6. The second-order valence-electron chi connectivity index (χ2n) is 5.75. The van der Waals surface area contributed by atoms with E-state index in [1.54, 1.807) is 12.3 Å². The van der Waals surface area contributed by atoms with Crippen LogP contribution >= 0.6 is 0 Å². The van der Waals surface area contributed by atoms with Gasteiger partial charge >= 0.3 is 0 Å². The monoisotopic (exact) mass is 332 g/mol. The van der Waals surface area contributed by atoms with Crippen LogP contribution in [-0.4, -0.2) is 22.4 Å². The number of aryl methyl sites for hydroxylation is 1. The van der Waals surface area contributed by atoms with Gasteiger partial charge in [0.1, 0.15) is 5.69 Å². The molecule has 1 amide bonds. The average Bonchev–Trinajstić information content (AvgIpc) is 2.63. The Kier molecular flexibility index (Phi) is 5.36. The number of aromatic nitrogens is 2. The number of carbonyl (C=O) groups excluding carboxylic acids is 1. The molecule has 0 unspecified atom stereocenters. The molecule has 3 aromatic rings. The highest BCUT2D eigenvalue weighted by Gasteiger charge is 2.08. The minimum Gasteiger partial charge on any atom is -0.350 e. The lowest BCUT2D eigenvalue weighted by Gasteiger charge is -2.08. The molecule has 0 aliphatic heterocycles. The van der Waals surface area contributed by atoms with E-state index in [0.29, 0.717) is 18.2 Å². The largest absolute Gasteiger partial charge is 0.350 e. The molecule has 0 aliphatic carbocycles. The lowest BCUT2D eigenvalue weighted by atomic mass is 10.1. The van der Waals surface area contributed by atoms with E-state index in [0.717, 1.165) is 17.7 Å². The smallest absolute Gasteiger partial charge is 0.270 e. The molecule has 0 saturated heterocycles. The van der Waals surface area contributed by atoms with Gasteiger partial charge in [-0.1, -0.05) is 42.5 Å². The zero-order chi connectivity index (χ0) is 17.5. The molecular weight excluding hydrogens is 312 g/mol. The van der Waals surface area contributed by atoms with Gasteiger partial charge in [-0.3, -0.25) is 4.79 Å². The minimum atomic E-state index is -0.203. The Balaban J connectivity index is 1.59. The normalized spacial score (nSPS) is 10.3. The van der Waals surface area contributed by atoms with Gasteiger partial charge < -0.3 is 10.6 Å². The Morgan fingerprint density at radius 1 is 1.04 bits per heavy atom. The fourth-order valence-corrected chi connectivity index (χ4v) is 2.45. The number of carbonyl (C=O) groups is 1. The SMILES string of the molecule is Cc1cccc(Nc2nccc(C(=O)NCCc3ccccc3)n2)c1. The molecule has 0 fully saturated rings. The van der Waals surface area contributed by atoms with Crippen molar-refractivity contribution in [2.24, 2.45) is 0 Å².